The number of anilines is 1. The number of aromatic nitrogens is 1. The number of fused-ring (bicyclic) bond motifs is 1. The van der Waals surface area contributed by atoms with Gasteiger partial charge < -0.3 is 14.4 Å². The Bertz CT molecular complexity index is 1580. The minimum atomic E-state index is -1.69. The van der Waals surface area contributed by atoms with Gasteiger partial charge in [-0.25, -0.2) is 22.8 Å². The molecule has 0 atom stereocenters. The van der Waals surface area contributed by atoms with Gasteiger partial charge >= 0.3 is 12.1 Å². The number of carbonyl (C=O) groups is 2. The van der Waals surface area contributed by atoms with E-state index in [1.165, 1.54) is 6.92 Å². The SMILES string of the molecule is CCc1c(C(=O)O)c(=O)c2cc(F)c(N=[N+]=[N-])c(Cl)c2n1-c1cc(NC(=O)OC(C)(C)C)c(F)cc1F. The van der Waals surface area contributed by atoms with Crippen LogP contribution in [0.15, 0.2) is 28.1 Å². The van der Waals surface area contributed by atoms with Crippen molar-refractivity contribution in [3.05, 3.63) is 72.6 Å². The van der Waals surface area contributed by atoms with Crippen LogP contribution in [0, 0.1) is 17.5 Å². The smallest absolute Gasteiger partial charge is 0.412 e. The zero-order valence-corrected chi connectivity index (χ0v) is 20.6. The largest absolute Gasteiger partial charge is 0.477 e. The van der Waals surface area contributed by atoms with Crippen molar-refractivity contribution in [3.8, 4) is 5.69 Å². The number of nitrogens with zero attached hydrogens (tertiary/aromatic N) is 4. The van der Waals surface area contributed by atoms with Gasteiger partial charge in [-0.1, -0.05) is 23.6 Å². The van der Waals surface area contributed by atoms with Gasteiger partial charge in [0.15, 0.2) is 0 Å². The van der Waals surface area contributed by atoms with E-state index in [9.17, 15) is 28.3 Å². The molecule has 0 bridgehead atoms. The first kappa shape index (κ1) is 27.4. The molecule has 0 saturated carbocycles. The van der Waals surface area contributed by atoms with Gasteiger partial charge in [0, 0.05) is 16.7 Å². The Morgan fingerprint density at radius 3 is 2.38 bits per heavy atom. The maximum absolute atomic E-state index is 15.2. The highest BCUT2D eigenvalue weighted by Crippen LogP contribution is 2.38. The van der Waals surface area contributed by atoms with Gasteiger partial charge in [-0.2, -0.15) is 0 Å². The lowest BCUT2D eigenvalue weighted by molar-refractivity contribution is 0.0633. The Hall–Kier alpha value is -4.22. The molecule has 10 nitrogen and oxygen atoms in total. The molecular formula is C23H19ClF3N5O5. The number of pyridine rings is 1. The second-order valence-electron chi connectivity index (χ2n) is 8.66. The van der Waals surface area contributed by atoms with Gasteiger partial charge in [0.25, 0.3) is 0 Å². The molecule has 37 heavy (non-hydrogen) atoms. The van der Waals surface area contributed by atoms with Crippen LogP contribution in [0.4, 0.5) is 29.3 Å². The molecule has 0 saturated heterocycles. The number of carboxylic acids is 1. The number of hydrogen-bond acceptors (Lipinski definition) is 5. The fourth-order valence-electron chi connectivity index (χ4n) is 3.68. The van der Waals surface area contributed by atoms with Gasteiger partial charge in [0.1, 0.15) is 28.6 Å². The molecule has 2 aromatic carbocycles. The van der Waals surface area contributed by atoms with Crippen LogP contribution in [0.5, 0.6) is 0 Å². The van der Waals surface area contributed by atoms with Crippen LogP contribution in [0.3, 0.4) is 0 Å². The molecular weight excluding hydrogens is 519 g/mol. The molecule has 0 spiro atoms. The number of carboxylic acid groups (broad SMARTS) is 1. The molecule has 1 amide bonds. The maximum Gasteiger partial charge on any atom is 0.412 e. The summed E-state index contributed by atoms with van der Waals surface area (Å²) in [6.45, 7) is 6.15. The number of aromatic carboxylic acids is 1. The molecule has 0 aliphatic heterocycles. The van der Waals surface area contributed by atoms with Crippen LogP contribution < -0.4 is 10.7 Å². The van der Waals surface area contributed by atoms with Crippen molar-refractivity contribution >= 4 is 45.9 Å². The number of hydrogen-bond donors (Lipinski definition) is 2. The number of ether oxygens (including phenoxy) is 1. The van der Waals surface area contributed by atoms with E-state index >= 15 is 4.39 Å². The third-order valence-corrected chi connectivity index (χ3v) is 5.39. The van der Waals surface area contributed by atoms with Gasteiger partial charge in [0.2, 0.25) is 5.43 Å². The summed E-state index contributed by atoms with van der Waals surface area (Å²) in [4.78, 5) is 39.8. The number of halogens is 4. The van der Waals surface area contributed by atoms with E-state index in [1.807, 2.05) is 0 Å². The number of amides is 1. The lowest BCUT2D eigenvalue weighted by Crippen LogP contribution is -2.27. The van der Waals surface area contributed by atoms with E-state index in [4.69, 9.17) is 21.9 Å². The first-order valence-electron chi connectivity index (χ1n) is 10.6. The van der Waals surface area contributed by atoms with E-state index in [-0.39, 0.29) is 12.1 Å². The predicted octanol–water partition coefficient (Wildman–Crippen LogP) is 6.61. The molecule has 1 heterocycles. The number of rotatable bonds is 5. The van der Waals surface area contributed by atoms with E-state index in [0.717, 1.165) is 10.6 Å². The number of azide groups is 1. The highest BCUT2D eigenvalue weighted by Gasteiger charge is 2.28. The van der Waals surface area contributed by atoms with Crippen LogP contribution in [0.25, 0.3) is 27.0 Å². The third kappa shape index (κ3) is 5.18. The second kappa shape index (κ2) is 10.0. The van der Waals surface area contributed by atoms with Gasteiger partial charge in [0.05, 0.1) is 33.0 Å². The van der Waals surface area contributed by atoms with Gasteiger partial charge in [-0.15, -0.1) is 0 Å². The molecule has 0 aliphatic carbocycles. The average molecular weight is 538 g/mol. The number of carbonyl (C=O) groups excluding carboxylic acids is 1. The number of benzene rings is 2. The minimum Gasteiger partial charge on any atom is -0.477 e. The summed E-state index contributed by atoms with van der Waals surface area (Å²) in [6, 6.07) is 1.85. The van der Waals surface area contributed by atoms with Crippen molar-refractivity contribution in [2.45, 2.75) is 39.7 Å². The normalized spacial score (nSPS) is 11.2. The molecule has 1 aromatic heterocycles. The monoisotopic (exact) mass is 537 g/mol. The maximum atomic E-state index is 15.2. The summed E-state index contributed by atoms with van der Waals surface area (Å²) in [5.74, 6) is -5.36. The summed E-state index contributed by atoms with van der Waals surface area (Å²) in [7, 11) is 0. The van der Waals surface area contributed by atoms with Crippen LogP contribution in [0.2, 0.25) is 5.02 Å². The molecule has 0 unspecified atom stereocenters. The van der Waals surface area contributed by atoms with Crippen molar-refractivity contribution in [1.29, 1.82) is 0 Å². The molecule has 14 heteroatoms. The van der Waals surface area contributed by atoms with Crippen LogP contribution >= 0.6 is 11.6 Å². The lowest BCUT2D eigenvalue weighted by Gasteiger charge is -2.22. The van der Waals surface area contributed by atoms with E-state index in [2.05, 4.69) is 15.3 Å². The average Bonchev–Trinajstić information content (AvgIpc) is 2.77. The summed E-state index contributed by atoms with van der Waals surface area (Å²) in [6.07, 6.45) is -1.25. The topological polar surface area (TPSA) is 146 Å². The van der Waals surface area contributed by atoms with E-state index in [0.29, 0.717) is 12.1 Å². The highest BCUT2D eigenvalue weighted by atomic mass is 35.5. The Morgan fingerprint density at radius 2 is 1.84 bits per heavy atom. The molecule has 2 N–H and O–H groups in total. The fourth-order valence-corrected chi connectivity index (χ4v) is 3.99. The Labute approximate surface area is 211 Å². The Morgan fingerprint density at radius 1 is 1.19 bits per heavy atom. The van der Waals surface area contributed by atoms with Crippen molar-refractivity contribution < 1.29 is 32.6 Å². The minimum absolute atomic E-state index is 0.178. The van der Waals surface area contributed by atoms with Gasteiger partial charge in [-0.05, 0) is 44.9 Å². The summed E-state index contributed by atoms with van der Waals surface area (Å²) in [5.41, 5.74) is 3.42. The quantitative estimate of drug-likeness (QED) is 0.213. The van der Waals surface area contributed by atoms with E-state index in [1.54, 1.807) is 20.8 Å². The first-order chi connectivity index (χ1) is 17.2. The van der Waals surface area contributed by atoms with Crippen LogP contribution in [-0.4, -0.2) is 27.3 Å². The number of nitrogens with one attached hydrogen (secondary N) is 1. The fraction of sp³-hybridized carbons (Fsp3) is 0.261. The second-order valence-corrected chi connectivity index (χ2v) is 9.04. The Kier molecular flexibility index (Phi) is 7.42. The molecule has 194 valence electrons. The molecule has 0 fully saturated rings. The van der Waals surface area contributed by atoms with Crippen LogP contribution in [-0.2, 0) is 11.2 Å². The van der Waals surface area contributed by atoms with Crippen molar-refractivity contribution in [3.63, 3.8) is 0 Å². The summed E-state index contributed by atoms with van der Waals surface area (Å²) >= 11 is 6.30. The highest BCUT2D eigenvalue weighted by molar-refractivity contribution is 6.37. The molecule has 0 radical (unpaired) electrons. The van der Waals surface area contributed by atoms with Gasteiger partial charge in [-0.3, -0.25) is 10.1 Å². The zero-order valence-electron chi connectivity index (χ0n) is 19.8. The van der Waals surface area contributed by atoms with Crippen molar-refractivity contribution in [2.24, 2.45) is 5.11 Å². The van der Waals surface area contributed by atoms with E-state index < -0.39 is 79.1 Å². The molecule has 3 aromatic rings. The summed E-state index contributed by atoms with van der Waals surface area (Å²) in [5, 5.41) is 13.9. The Balaban J connectivity index is 2.50. The first-order valence-corrected chi connectivity index (χ1v) is 11.0. The van der Waals surface area contributed by atoms with Crippen molar-refractivity contribution in [1.82, 2.24) is 4.57 Å². The summed E-state index contributed by atoms with van der Waals surface area (Å²) < 4.78 is 50.4. The standard InChI is InChI=1S/C23H19ClF3N5O5/c1-5-14-16(21(34)35)20(33)9-6-12(27)18(30-31-28)17(24)19(9)32(14)15-8-13(10(25)7-11(15)26)29-22(36)37-23(2,3)4/h6-8H,5H2,1-4H3,(H,29,36)(H,34,35). The molecule has 3 rings (SSSR count). The van der Waals surface area contributed by atoms with Crippen molar-refractivity contribution in [2.75, 3.05) is 5.32 Å². The molecule has 0 aliphatic rings. The van der Waals surface area contributed by atoms with Crippen LogP contribution in [0.1, 0.15) is 43.7 Å². The lowest BCUT2D eigenvalue weighted by atomic mass is 10.0. The predicted molar refractivity (Wildman–Crippen MR) is 129 cm³/mol. The third-order valence-electron chi connectivity index (χ3n) is 5.03. The zero-order chi connectivity index (χ0) is 27.8.